The summed E-state index contributed by atoms with van der Waals surface area (Å²) in [6.45, 7) is 17.8. The molecule has 8 rings (SSSR count). The molecule has 139 heavy (non-hydrogen) atoms. The van der Waals surface area contributed by atoms with Crippen LogP contribution in [-0.4, -0.2) is 338 Å². The molecule has 6 fully saturated rings. The topological polar surface area (TPSA) is 584 Å². The lowest BCUT2D eigenvalue weighted by Gasteiger charge is -2.48. The highest BCUT2D eigenvalue weighted by molar-refractivity contribution is 8.13. The number of hydrogen-bond donors (Lipinski definition) is 19. The van der Waals surface area contributed by atoms with Crippen molar-refractivity contribution in [2.75, 3.05) is 20.4 Å². The van der Waals surface area contributed by atoms with Gasteiger partial charge in [-0.1, -0.05) is 198 Å². The smallest absolute Gasteiger partial charge is 0.311 e. The van der Waals surface area contributed by atoms with Crippen LogP contribution in [0.3, 0.4) is 0 Å². The van der Waals surface area contributed by atoms with Crippen molar-refractivity contribution in [2.24, 2.45) is 47.0 Å². The fraction of sp³-hybridized carbons (Fsp3) is 0.677. The number of rotatable bonds is 9. The summed E-state index contributed by atoms with van der Waals surface area (Å²) in [5.74, 6) is -12.1. The number of aliphatic hydroxyl groups is 15. The maximum absolute atomic E-state index is 13.4. The van der Waals surface area contributed by atoms with Crippen molar-refractivity contribution in [3.63, 3.8) is 0 Å². The molecule has 8 heterocycles. The van der Waals surface area contributed by atoms with E-state index in [-0.39, 0.29) is 88.1 Å². The third-order valence-corrected chi connectivity index (χ3v) is 29.5. The number of ether oxygens (including phenoxy) is 13. The highest BCUT2D eigenvalue weighted by atomic mass is 32.0. The highest BCUT2D eigenvalue weighted by Crippen LogP contribution is 2.53. The summed E-state index contributed by atoms with van der Waals surface area (Å²) in [6, 6.07) is -3.51. The van der Waals surface area contributed by atoms with E-state index in [2.05, 4.69) is 17.9 Å². The number of fused-ring (bicyclic) bond motifs is 8. The second-order valence-corrected chi connectivity index (χ2v) is 46.1. The molecule has 0 radical (unpaired) electrons. The van der Waals surface area contributed by atoms with Crippen LogP contribution in [0.25, 0.3) is 0 Å². The maximum Gasteiger partial charge on any atom is 0.311 e. The van der Waals surface area contributed by atoms with E-state index in [9.17, 15) is 106 Å². The summed E-state index contributed by atoms with van der Waals surface area (Å²) in [4.78, 5) is 51.4. The lowest BCUT2D eigenvalue weighted by molar-refractivity contribution is -0.326. The number of carbonyl (C=O) groups is 4. The Kier molecular flexibility index (Phi) is 52.3. The number of esters is 2. The Morgan fingerprint density at radius 1 is 0.381 bits per heavy atom. The minimum atomic E-state index is -2.33. The molecule has 6 saturated heterocycles. The summed E-state index contributed by atoms with van der Waals surface area (Å²) >= 11 is 0. The van der Waals surface area contributed by atoms with Crippen LogP contribution in [-0.2, 0) is 80.8 Å². The first-order valence-electron chi connectivity index (χ1n) is 47.8. The molecule has 0 aromatic carbocycles. The van der Waals surface area contributed by atoms with Crippen molar-refractivity contribution in [3.05, 3.63) is 170 Å². The van der Waals surface area contributed by atoms with Crippen LogP contribution in [0.2, 0.25) is 0 Å². The predicted molar refractivity (Wildman–Crippen MR) is 527 cm³/mol. The van der Waals surface area contributed by atoms with Crippen LogP contribution < -0.4 is 11.5 Å². The molecule has 786 valence electrons. The molecule has 18 unspecified atom stereocenters. The van der Waals surface area contributed by atoms with Crippen LogP contribution in [0.15, 0.2) is 170 Å². The second kappa shape index (κ2) is 60.2. The second-order valence-electron chi connectivity index (χ2n) is 37.7. The van der Waals surface area contributed by atoms with E-state index in [0.717, 1.165) is 0 Å². The zero-order valence-electron chi connectivity index (χ0n) is 81.2. The van der Waals surface area contributed by atoms with Gasteiger partial charge in [-0.15, -0.1) is 17.9 Å². The molecule has 40 heteroatoms. The lowest BCUT2D eigenvalue weighted by Crippen LogP contribution is -2.61. The monoisotopic (exact) mass is 2040 g/mol. The molecule has 44 atom stereocenters. The number of cyclic esters (lactones) is 2. The average Bonchev–Trinajstić information content (AvgIpc) is 0.769. The Morgan fingerprint density at radius 2 is 0.777 bits per heavy atom. The SMILES string of the molecule is CO[C@]12CC3CC(OC(P(C)P)O3)[C@H](O)CCC3CC(CC(=O)O[C@@H](C)[C@H](C)[C@H](O)[C@@H](C)/C=C/C=C/C=C/C=C/C=C/C=C/C=C/[C@H](O[C@@H]4O[C@H](C)[C@@H](O)[C@H](N)[C@H]4O)CC(O1)[C@H](C(=O)O)C(O)C2)OC(P(C)P)O3.C[C@@H]1[C@H](O)[C@@H](C)/C=C/C=C/C=C/C=C/C=C/C=C/C=C/[C@H](O[C@@H]2O[C@H](C)[C@@H](O)[C@H](N)[C@H]2O)CC2O[C@](O)(CC(O)CC(O)[C@H](O)CCC(O)CC(O)CC(=O)O[C@H]1C)CC(O)[C@H]2C(=O)O. The fourth-order valence-electron chi connectivity index (χ4n) is 17.6. The summed E-state index contributed by atoms with van der Waals surface area (Å²) in [5.41, 5.74) is 12.2. The van der Waals surface area contributed by atoms with Crippen molar-refractivity contribution >= 4 is 57.0 Å². The van der Waals surface area contributed by atoms with Gasteiger partial charge in [0.25, 0.3) is 0 Å². The molecule has 0 saturated carbocycles. The molecule has 0 amide bonds. The first-order chi connectivity index (χ1) is 65.7. The van der Waals surface area contributed by atoms with Gasteiger partial charge in [-0.05, 0) is 88.3 Å². The Labute approximate surface area is 823 Å². The Balaban J connectivity index is 0.000000382. The number of nitrogens with two attached hydrogens (primary N) is 2. The first kappa shape index (κ1) is 121. The summed E-state index contributed by atoms with van der Waals surface area (Å²) in [5, 5.41) is 185. The van der Waals surface area contributed by atoms with Gasteiger partial charge in [-0.2, -0.15) is 0 Å². The quantitative estimate of drug-likeness (QED) is 0.0856. The molecule has 8 aliphatic rings. The number of hydrogen-bond acceptors (Lipinski definition) is 34. The fourth-order valence-corrected chi connectivity index (χ4v) is 19.9. The number of carbonyl (C=O) groups excluding carboxylic acids is 2. The molecular formula is C99H156N2O34P4. The molecular weight excluding hydrogens is 1880 g/mol. The third kappa shape index (κ3) is 39.5. The molecule has 0 aliphatic carbocycles. The standard InChI is InChI=1S/C52H83NO17P4.C47H73NO17/c1-30-20-18-16-14-12-10-8-9-11-13-15-17-19-21-34(65-49-47(59)44(53)46(58)33(4)64-49)25-41-43(48(60)61)39(55)29-52(62-5,70-41)28-37-26-40(69-51(68-37)74(7)72)38(54)23-22-35-24-36(67-50(66-35)73(6)71)27-42(56)63-32(3)31(2)45(30)57;1-27-17-15-13-11-9-7-5-6-8-10-12-14-16-18-34(64-46-44(58)41(48)43(57)30(4)63-46)24-38-40(45(59)60)37(54)26-47(61,65-38)25-33(51)22-36(53)35(52)20-19-31(49)21-32(50)23-39(55)62-29(3)28(2)42(27)56/h8-21,30-41,43-47,49-51,54-55,57-59H,22-29,53,71-72H2,1-7H3,(H,60,61);5-18,27-38,40-44,46,49-54,56-58,61H,19-26,48H2,1-4H3,(H,59,60)/b9-8+,12-10+,13-11+,16-14+,17-15+,20-18+,21-19+;6-5+,9-7+,10-8+,13-11+,14-12+,17-15+,18-16+/t30-,31-,32-,33+,34-,35?,36?,37?,38+,39?,40?,41?,43+,44-,45+,46+,47+,49-,50?,51?,52+,73?,74?;27-,28-,29-,30+,31?,32?,33?,34-,35+,36?,37?,38?,40+,41-,42+,43+,44+,46-,47+/m00/s1. The van der Waals surface area contributed by atoms with Crippen LogP contribution in [0.5, 0.6) is 0 Å². The minimum absolute atomic E-state index is 0.00955. The van der Waals surface area contributed by atoms with E-state index in [1.54, 1.807) is 125 Å². The van der Waals surface area contributed by atoms with Gasteiger partial charge < -0.3 is 160 Å². The van der Waals surface area contributed by atoms with Crippen LogP contribution in [0.1, 0.15) is 158 Å². The van der Waals surface area contributed by atoms with E-state index in [1.165, 1.54) is 20.1 Å². The Hall–Kier alpha value is -5.16. The van der Waals surface area contributed by atoms with Gasteiger partial charge in [-0.3, -0.25) is 19.2 Å². The molecule has 8 aliphatic heterocycles. The zero-order valence-corrected chi connectivity index (χ0v) is 85.3. The maximum atomic E-state index is 13.4. The number of carboxylic acids is 2. The third-order valence-electron chi connectivity index (χ3n) is 26.2. The number of aliphatic hydroxyl groups excluding tert-OH is 14. The molecule has 21 N–H and O–H groups in total. The molecule has 0 spiro atoms. The number of allylic oxidation sites excluding steroid dienone is 24. The van der Waals surface area contributed by atoms with E-state index >= 15 is 0 Å². The lowest BCUT2D eigenvalue weighted by atomic mass is 9.82. The Bertz CT molecular complexity index is 4150. The van der Waals surface area contributed by atoms with Crippen LogP contribution in [0, 0.1) is 35.5 Å². The van der Waals surface area contributed by atoms with E-state index in [4.69, 9.17) is 73.0 Å². The van der Waals surface area contributed by atoms with Gasteiger partial charge in [0, 0.05) is 88.6 Å². The Morgan fingerprint density at radius 3 is 1.22 bits per heavy atom. The largest absolute Gasteiger partial charge is 0.481 e. The average molecular weight is 2040 g/mol. The molecule has 0 aromatic heterocycles. The molecule has 8 bridgehead atoms. The van der Waals surface area contributed by atoms with E-state index in [1.807, 2.05) is 101 Å². The van der Waals surface area contributed by atoms with E-state index in [0.29, 0.717) is 12.8 Å². The van der Waals surface area contributed by atoms with Crippen LogP contribution in [0.4, 0.5) is 0 Å². The molecule has 36 nitrogen and oxygen atoms in total. The van der Waals surface area contributed by atoms with Gasteiger partial charge in [0.1, 0.15) is 36.3 Å². The first-order valence-corrected chi connectivity index (χ1v) is 54.8. The highest BCUT2D eigenvalue weighted by Gasteiger charge is 2.55. The van der Waals surface area contributed by atoms with Gasteiger partial charge in [0.05, 0.1) is 159 Å². The summed E-state index contributed by atoms with van der Waals surface area (Å²) in [6.07, 6.45) is 17.0. The normalized spacial score (nSPS) is 45.7. The van der Waals surface area contributed by atoms with Crippen molar-refractivity contribution < 1.29 is 168 Å². The van der Waals surface area contributed by atoms with Gasteiger partial charge >= 0.3 is 23.9 Å². The van der Waals surface area contributed by atoms with Crippen LogP contribution >= 0.6 is 33.1 Å². The summed E-state index contributed by atoms with van der Waals surface area (Å²) < 4.78 is 79.4. The number of aliphatic carboxylic acids is 2. The van der Waals surface area contributed by atoms with Gasteiger partial charge in [0.15, 0.2) is 36.2 Å². The van der Waals surface area contributed by atoms with Gasteiger partial charge in [0.2, 0.25) is 0 Å². The van der Waals surface area contributed by atoms with Crippen molar-refractivity contribution in [1.82, 2.24) is 0 Å². The number of carboxylic acid groups (broad SMARTS) is 2. The van der Waals surface area contributed by atoms with Crippen molar-refractivity contribution in [1.29, 1.82) is 0 Å². The van der Waals surface area contributed by atoms with E-state index < -0.39 is 283 Å². The van der Waals surface area contributed by atoms with Crippen molar-refractivity contribution in [2.45, 2.75) is 365 Å². The predicted octanol–water partition coefficient (Wildman–Crippen LogP) is 6.57. The molecule has 0 aromatic rings. The zero-order chi connectivity index (χ0) is 103. The summed E-state index contributed by atoms with van der Waals surface area (Å²) in [7, 11) is 5.15. The van der Waals surface area contributed by atoms with Gasteiger partial charge in [-0.25, -0.2) is 0 Å². The minimum Gasteiger partial charge on any atom is -0.481 e. The van der Waals surface area contributed by atoms with Crippen molar-refractivity contribution in [3.8, 4) is 0 Å². The number of methoxy groups -OCH3 is 1.